The number of para-hydroxylation sites is 1. The fourth-order valence-corrected chi connectivity index (χ4v) is 3.81. The molecule has 0 saturated heterocycles. The third-order valence-corrected chi connectivity index (χ3v) is 5.36. The lowest BCUT2D eigenvalue weighted by molar-refractivity contribution is 0.0910. The van der Waals surface area contributed by atoms with Gasteiger partial charge in [0.05, 0.1) is 12.6 Å². The van der Waals surface area contributed by atoms with Crippen LogP contribution in [-0.4, -0.2) is 34.1 Å². The van der Waals surface area contributed by atoms with Gasteiger partial charge >= 0.3 is 0 Å². The number of nitrogens with zero attached hydrogens (tertiary/aromatic N) is 2. The molecule has 0 bridgehead atoms. The van der Waals surface area contributed by atoms with Crippen LogP contribution in [0.15, 0.2) is 30.5 Å². The Balaban J connectivity index is 1.37. The number of carbonyl (C=O) groups excluding carboxylic acids is 1. The monoisotopic (exact) mass is 368 g/mol. The number of imidazole rings is 1. The molecule has 0 aliphatic carbocycles. The Kier molecular flexibility index (Phi) is 5.16. The van der Waals surface area contributed by atoms with Gasteiger partial charge in [0.25, 0.3) is 5.91 Å². The summed E-state index contributed by atoms with van der Waals surface area (Å²) in [6, 6.07) is 8.41. The van der Waals surface area contributed by atoms with Crippen LogP contribution >= 0.6 is 0 Å². The maximum absolute atomic E-state index is 12.7. The van der Waals surface area contributed by atoms with Crippen LogP contribution in [0, 0.1) is 5.92 Å². The number of hydrogen-bond acceptors (Lipinski definition) is 4. The number of ether oxygens (including phenoxy) is 1. The van der Waals surface area contributed by atoms with Crippen LogP contribution in [0.5, 0.6) is 5.75 Å². The van der Waals surface area contributed by atoms with Crippen molar-refractivity contribution in [2.24, 2.45) is 5.92 Å². The van der Waals surface area contributed by atoms with Gasteiger partial charge in [0.1, 0.15) is 23.9 Å². The number of benzene rings is 1. The van der Waals surface area contributed by atoms with Crippen molar-refractivity contribution >= 4 is 5.91 Å². The van der Waals surface area contributed by atoms with Crippen LogP contribution < -0.4 is 15.4 Å². The molecule has 0 saturated carbocycles. The van der Waals surface area contributed by atoms with E-state index < -0.39 is 0 Å². The van der Waals surface area contributed by atoms with E-state index in [1.54, 1.807) is 0 Å². The van der Waals surface area contributed by atoms with Gasteiger partial charge in [-0.05, 0) is 36.8 Å². The normalized spacial score (nSPS) is 21.3. The number of hydrogen-bond donors (Lipinski definition) is 2. The highest BCUT2D eigenvalue weighted by molar-refractivity contribution is 5.92. The third-order valence-electron chi connectivity index (χ3n) is 5.36. The molecule has 2 atom stereocenters. The molecule has 4 rings (SSSR count). The minimum atomic E-state index is -0.122. The lowest BCUT2D eigenvalue weighted by Gasteiger charge is -2.25. The summed E-state index contributed by atoms with van der Waals surface area (Å²) < 4.78 is 7.89. The van der Waals surface area contributed by atoms with Crippen molar-refractivity contribution in [1.29, 1.82) is 0 Å². The lowest BCUT2D eigenvalue weighted by atomic mass is 10.0. The summed E-state index contributed by atoms with van der Waals surface area (Å²) >= 11 is 0. The van der Waals surface area contributed by atoms with Crippen LogP contribution in [0.1, 0.15) is 48.6 Å². The summed E-state index contributed by atoms with van der Waals surface area (Å²) in [7, 11) is 0. The third kappa shape index (κ3) is 4.16. The molecular formula is C21H28N4O2. The predicted octanol–water partition coefficient (Wildman–Crippen LogP) is 2.52. The molecule has 1 amide bonds. The molecule has 2 aliphatic rings. The van der Waals surface area contributed by atoms with Crippen molar-refractivity contribution < 1.29 is 9.53 Å². The van der Waals surface area contributed by atoms with Gasteiger partial charge in [-0.15, -0.1) is 0 Å². The van der Waals surface area contributed by atoms with E-state index in [1.165, 1.54) is 6.42 Å². The van der Waals surface area contributed by atoms with Gasteiger partial charge in [-0.2, -0.15) is 0 Å². The van der Waals surface area contributed by atoms with E-state index in [4.69, 9.17) is 4.74 Å². The highest BCUT2D eigenvalue weighted by Gasteiger charge is 2.25. The molecule has 3 heterocycles. The van der Waals surface area contributed by atoms with E-state index in [-0.39, 0.29) is 11.9 Å². The number of aromatic nitrogens is 2. The average molecular weight is 368 g/mol. The molecular weight excluding hydrogens is 340 g/mol. The Morgan fingerprint density at radius 3 is 3.11 bits per heavy atom. The van der Waals surface area contributed by atoms with Crippen LogP contribution in [0.4, 0.5) is 0 Å². The van der Waals surface area contributed by atoms with Crippen molar-refractivity contribution in [2.75, 3.05) is 6.61 Å². The summed E-state index contributed by atoms with van der Waals surface area (Å²) in [5.74, 6) is 2.44. The first-order chi connectivity index (χ1) is 13.1. The van der Waals surface area contributed by atoms with Crippen molar-refractivity contribution in [3.8, 4) is 5.75 Å². The molecule has 0 spiro atoms. The SMILES string of the molecule is CC(C)CCC1Cn2cc(C(=O)NC3COc4ccccc4C3)nc2CN1. The van der Waals surface area contributed by atoms with Crippen LogP contribution in [0.3, 0.4) is 0 Å². The summed E-state index contributed by atoms with van der Waals surface area (Å²) in [5, 5.41) is 6.62. The second kappa shape index (κ2) is 7.72. The minimum absolute atomic E-state index is 0.0250. The number of rotatable bonds is 5. The van der Waals surface area contributed by atoms with E-state index >= 15 is 0 Å². The molecule has 6 nitrogen and oxygen atoms in total. The molecule has 2 aliphatic heterocycles. The smallest absolute Gasteiger partial charge is 0.271 e. The first kappa shape index (κ1) is 18.0. The molecule has 144 valence electrons. The van der Waals surface area contributed by atoms with E-state index in [1.807, 2.05) is 30.5 Å². The van der Waals surface area contributed by atoms with E-state index in [9.17, 15) is 4.79 Å². The maximum Gasteiger partial charge on any atom is 0.271 e. The predicted molar refractivity (Wildman–Crippen MR) is 104 cm³/mol. The van der Waals surface area contributed by atoms with Gasteiger partial charge < -0.3 is 19.9 Å². The first-order valence-corrected chi connectivity index (χ1v) is 9.89. The second-order valence-electron chi connectivity index (χ2n) is 8.04. The molecule has 2 aromatic rings. The number of fused-ring (bicyclic) bond motifs is 2. The van der Waals surface area contributed by atoms with Gasteiger partial charge in [-0.1, -0.05) is 32.0 Å². The van der Waals surface area contributed by atoms with Gasteiger partial charge in [0, 0.05) is 18.8 Å². The Bertz CT molecular complexity index is 814. The zero-order valence-corrected chi connectivity index (χ0v) is 16.1. The van der Waals surface area contributed by atoms with Crippen LogP contribution in [0.2, 0.25) is 0 Å². The number of nitrogens with one attached hydrogen (secondary N) is 2. The average Bonchev–Trinajstić information content (AvgIpc) is 3.10. The van der Waals surface area contributed by atoms with Crippen molar-refractivity contribution in [3.05, 3.63) is 47.5 Å². The minimum Gasteiger partial charge on any atom is -0.491 e. The fourth-order valence-electron chi connectivity index (χ4n) is 3.81. The van der Waals surface area contributed by atoms with E-state index in [0.717, 1.165) is 43.1 Å². The maximum atomic E-state index is 12.7. The molecule has 1 aromatic carbocycles. The van der Waals surface area contributed by atoms with Gasteiger partial charge in [-0.3, -0.25) is 4.79 Å². The Morgan fingerprint density at radius 2 is 2.26 bits per heavy atom. The molecule has 1 aromatic heterocycles. The van der Waals surface area contributed by atoms with Crippen molar-refractivity contribution in [1.82, 2.24) is 20.2 Å². The van der Waals surface area contributed by atoms with Gasteiger partial charge in [-0.25, -0.2) is 4.98 Å². The highest BCUT2D eigenvalue weighted by atomic mass is 16.5. The molecule has 2 N–H and O–H groups in total. The molecule has 0 fully saturated rings. The summed E-state index contributed by atoms with van der Waals surface area (Å²) in [6.45, 7) is 6.59. The first-order valence-electron chi connectivity index (χ1n) is 9.89. The summed E-state index contributed by atoms with van der Waals surface area (Å²) in [6.07, 6.45) is 5.04. The Morgan fingerprint density at radius 1 is 1.41 bits per heavy atom. The quantitative estimate of drug-likeness (QED) is 0.851. The van der Waals surface area contributed by atoms with Crippen LogP contribution in [0.25, 0.3) is 0 Å². The standard InChI is InChI=1S/C21H28N4O2/c1-14(2)7-8-16-11-25-12-18(24-20(25)10-22-16)21(26)23-17-9-15-5-3-4-6-19(15)27-13-17/h3-6,12,14,16-17,22H,7-11,13H2,1-2H3,(H,23,26). The fraction of sp³-hybridized carbons (Fsp3) is 0.524. The molecule has 0 radical (unpaired) electrons. The Hall–Kier alpha value is -2.34. The number of carbonyl (C=O) groups is 1. The summed E-state index contributed by atoms with van der Waals surface area (Å²) in [4.78, 5) is 17.2. The van der Waals surface area contributed by atoms with Crippen LogP contribution in [-0.2, 0) is 19.5 Å². The Labute approximate surface area is 160 Å². The molecule has 27 heavy (non-hydrogen) atoms. The highest BCUT2D eigenvalue weighted by Crippen LogP contribution is 2.24. The van der Waals surface area contributed by atoms with Gasteiger partial charge in [0.2, 0.25) is 0 Å². The van der Waals surface area contributed by atoms with Crippen molar-refractivity contribution in [3.63, 3.8) is 0 Å². The summed E-state index contributed by atoms with van der Waals surface area (Å²) in [5.41, 5.74) is 1.63. The second-order valence-corrected chi connectivity index (χ2v) is 8.04. The molecule has 2 unspecified atom stereocenters. The topological polar surface area (TPSA) is 68.2 Å². The molecule has 6 heteroatoms. The van der Waals surface area contributed by atoms with E-state index in [0.29, 0.717) is 24.3 Å². The zero-order chi connectivity index (χ0) is 18.8. The van der Waals surface area contributed by atoms with E-state index in [2.05, 4.69) is 34.0 Å². The largest absolute Gasteiger partial charge is 0.491 e. The lowest BCUT2D eigenvalue weighted by Crippen LogP contribution is -2.42. The number of amides is 1. The zero-order valence-electron chi connectivity index (χ0n) is 16.1. The van der Waals surface area contributed by atoms with Crippen molar-refractivity contribution in [2.45, 2.75) is 58.3 Å². The van der Waals surface area contributed by atoms with Gasteiger partial charge in [0.15, 0.2) is 0 Å².